The summed E-state index contributed by atoms with van der Waals surface area (Å²) in [5.41, 5.74) is 0.0166. The van der Waals surface area contributed by atoms with E-state index in [1.807, 2.05) is 0 Å². The summed E-state index contributed by atoms with van der Waals surface area (Å²) in [5.74, 6) is 0.408. The van der Waals surface area contributed by atoms with Crippen molar-refractivity contribution in [1.82, 2.24) is 9.88 Å². The first-order chi connectivity index (χ1) is 10.6. The number of aliphatic hydroxyl groups excluding tert-OH is 1. The maximum Gasteiger partial charge on any atom is 0.319 e. The topological polar surface area (TPSA) is 83.4 Å². The van der Waals surface area contributed by atoms with E-state index in [2.05, 4.69) is 10.6 Å². The highest BCUT2D eigenvalue weighted by molar-refractivity contribution is 5.89. The van der Waals surface area contributed by atoms with E-state index in [0.717, 1.165) is 12.8 Å². The lowest BCUT2D eigenvalue weighted by Gasteiger charge is -2.30. The number of hydrogen-bond acceptors (Lipinski definition) is 3. The van der Waals surface area contributed by atoms with E-state index in [-0.39, 0.29) is 29.9 Å². The second-order valence-corrected chi connectivity index (χ2v) is 5.95. The van der Waals surface area contributed by atoms with E-state index < -0.39 is 0 Å². The van der Waals surface area contributed by atoms with Crippen LogP contribution in [0.4, 0.5) is 10.5 Å². The number of hydrogen-bond donors (Lipinski definition) is 3. The van der Waals surface area contributed by atoms with Crippen molar-refractivity contribution in [2.24, 2.45) is 13.0 Å². The van der Waals surface area contributed by atoms with E-state index in [1.54, 1.807) is 25.4 Å². The number of aryl methyl sites for hydroxylation is 1. The predicted molar refractivity (Wildman–Crippen MR) is 85.9 cm³/mol. The monoisotopic (exact) mass is 307 g/mol. The maximum absolute atomic E-state index is 12.2. The van der Waals surface area contributed by atoms with Gasteiger partial charge < -0.3 is 20.3 Å². The predicted octanol–water partition coefficient (Wildman–Crippen LogP) is 1.84. The van der Waals surface area contributed by atoms with Gasteiger partial charge in [0.25, 0.3) is 5.56 Å². The zero-order chi connectivity index (χ0) is 15.9. The number of urea groups is 1. The van der Waals surface area contributed by atoms with Gasteiger partial charge in [0.05, 0.1) is 0 Å². The number of aliphatic hydroxyl groups is 1. The van der Waals surface area contributed by atoms with Gasteiger partial charge >= 0.3 is 6.03 Å². The molecule has 0 aromatic carbocycles. The molecule has 1 aromatic heterocycles. The van der Waals surface area contributed by atoms with Gasteiger partial charge in [-0.25, -0.2) is 4.79 Å². The van der Waals surface area contributed by atoms with E-state index in [9.17, 15) is 14.7 Å². The second-order valence-electron chi connectivity index (χ2n) is 5.95. The van der Waals surface area contributed by atoms with Crippen LogP contribution in [0.2, 0.25) is 0 Å². The molecule has 3 N–H and O–H groups in total. The van der Waals surface area contributed by atoms with Crippen LogP contribution in [0.5, 0.6) is 0 Å². The first-order valence-electron chi connectivity index (χ1n) is 7.96. The number of nitrogens with zero attached hydrogens (tertiary/aromatic N) is 1. The van der Waals surface area contributed by atoms with Crippen molar-refractivity contribution in [1.29, 1.82) is 0 Å². The first-order valence-corrected chi connectivity index (χ1v) is 7.96. The molecule has 0 spiro atoms. The average Bonchev–Trinajstić information content (AvgIpc) is 2.52. The number of carbonyl (C=O) groups excluding carboxylic acids is 1. The molecule has 6 heteroatoms. The van der Waals surface area contributed by atoms with Gasteiger partial charge in [-0.05, 0) is 37.3 Å². The van der Waals surface area contributed by atoms with Crippen LogP contribution in [0.25, 0.3) is 0 Å². The van der Waals surface area contributed by atoms with Crippen LogP contribution in [-0.4, -0.2) is 28.4 Å². The zero-order valence-electron chi connectivity index (χ0n) is 13.0. The number of aromatic nitrogens is 1. The van der Waals surface area contributed by atoms with Gasteiger partial charge in [-0.2, -0.15) is 0 Å². The third-order valence-electron chi connectivity index (χ3n) is 4.35. The Hall–Kier alpha value is -1.82. The Kier molecular flexibility index (Phi) is 6.00. The highest BCUT2D eigenvalue weighted by Gasteiger charge is 2.24. The summed E-state index contributed by atoms with van der Waals surface area (Å²) in [6, 6.07) is 2.87. The van der Waals surface area contributed by atoms with E-state index in [0.29, 0.717) is 12.3 Å². The fraction of sp³-hybridized carbons (Fsp3) is 0.625. The van der Waals surface area contributed by atoms with Crippen molar-refractivity contribution in [3.63, 3.8) is 0 Å². The summed E-state index contributed by atoms with van der Waals surface area (Å²) in [6.45, 7) is 0.0501. The van der Waals surface area contributed by atoms with Crippen LogP contribution < -0.4 is 16.2 Å². The van der Waals surface area contributed by atoms with Crippen LogP contribution in [0.15, 0.2) is 23.1 Å². The third kappa shape index (κ3) is 4.34. The minimum absolute atomic E-state index is 0.0436. The van der Waals surface area contributed by atoms with Gasteiger partial charge in [0, 0.05) is 25.9 Å². The molecule has 6 nitrogen and oxygen atoms in total. The summed E-state index contributed by atoms with van der Waals surface area (Å²) in [4.78, 5) is 24.0. The van der Waals surface area contributed by atoms with E-state index in [1.165, 1.54) is 23.8 Å². The van der Waals surface area contributed by atoms with Crippen molar-refractivity contribution in [3.05, 3.63) is 28.7 Å². The smallest absolute Gasteiger partial charge is 0.319 e. The Balaban J connectivity index is 1.98. The van der Waals surface area contributed by atoms with Gasteiger partial charge in [0.2, 0.25) is 0 Å². The highest BCUT2D eigenvalue weighted by Crippen LogP contribution is 2.27. The molecule has 2 amide bonds. The summed E-state index contributed by atoms with van der Waals surface area (Å²) < 4.78 is 1.42. The molecule has 1 saturated carbocycles. The normalized spacial score (nSPS) is 17.0. The molecule has 0 bridgehead atoms. The van der Waals surface area contributed by atoms with Crippen molar-refractivity contribution >= 4 is 11.7 Å². The molecule has 1 aliphatic rings. The maximum atomic E-state index is 12.2. The quantitative estimate of drug-likeness (QED) is 0.776. The molecule has 22 heavy (non-hydrogen) atoms. The zero-order valence-corrected chi connectivity index (χ0v) is 13.0. The molecule has 122 valence electrons. The van der Waals surface area contributed by atoms with Gasteiger partial charge in [0.15, 0.2) is 0 Å². The molecule has 0 aliphatic heterocycles. The fourth-order valence-electron chi connectivity index (χ4n) is 3.12. The van der Waals surface area contributed by atoms with Gasteiger partial charge in [0.1, 0.15) is 5.69 Å². The molecule has 1 atom stereocenters. The lowest BCUT2D eigenvalue weighted by Crippen LogP contribution is -2.44. The number of amides is 2. The minimum Gasteiger partial charge on any atom is -0.396 e. The van der Waals surface area contributed by atoms with Crippen LogP contribution in [-0.2, 0) is 7.05 Å². The number of pyridine rings is 1. The average molecular weight is 307 g/mol. The molecule has 2 rings (SSSR count). The summed E-state index contributed by atoms with van der Waals surface area (Å²) in [6.07, 6.45) is 7.95. The molecule has 1 fully saturated rings. The third-order valence-corrected chi connectivity index (χ3v) is 4.35. The Morgan fingerprint density at radius 1 is 1.41 bits per heavy atom. The molecule has 1 heterocycles. The Morgan fingerprint density at radius 3 is 2.82 bits per heavy atom. The SMILES string of the molecule is Cn1cccc(NC(=O)NC(CCO)C2CCCCC2)c1=O. The molecular formula is C16H25N3O3. The standard InChI is InChI=1S/C16H25N3O3/c1-19-10-5-8-14(15(19)21)18-16(22)17-13(9-11-20)12-6-3-2-4-7-12/h5,8,10,12-13,20H,2-4,6-7,9,11H2,1H3,(H2,17,18,22). The van der Waals surface area contributed by atoms with Crippen LogP contribution >= 0.6 is 0 Å². The molecule has 0 saturated heterocycles. The molecule has 1 unspecified atom stereocenters. The van der Waals surface area contributed by atoms with E-state index >= 15 is 0 Å². The Bertz CT molecular complexity index is 550. The number of carbonyl (C=O) groups is 1. The van der Waals surface area contributed by atoms with Crippen molar-refractivity contribution in [3.8, 4) is 0 Å². The van der Waals surface area contributed by atoms with Crippen molar-refractivity contribution in [2.75, 3.05) is 11.9 Å². The summed E-state index contributed by atoms with van der Waals surface area (Å²) >= 11 is 0. The first kappa shape index (κ1) is 16.5. The largest absolute Gasteiger partial charge is 0.396 e. The second kappa shape index (κ2) is 7.98. The van der Waals surface area contributed by atoms with Crippen LogP contribution in [0.1, 0.15) is 38.5 Å². The minimum atomic E-state index is -0.382. The Labute approximate surface area is 130 Å². The van der Waals surface area contributed by atoms with Crippen molar-refractivity contribution < 1.29 is 9.90 Å². The van der Waals surface area contributed by atoms with Crippen molar-refractivity contribution in [2.45, 2.75) is 44.6 Å². The highest BCUT2D eigenvalue weighted by atomic mass is 16.3. The summed E-state index contributed by atoms with van der Waals surface area (Å²) in [5, 5.41) is 14.8. The molecular weight excluding hydrogens is 282 g/mol. The summed E-state index contributed by atoms with van der Waals surface area (Å²) in [7, 11) is 1.64. The number of anilines is 1. The lowest BCUT2D eigenvalue weighted by molar-refractivity contribution is 0.202. The van der Waals surface area contributed by atoms with Gasteiger partial charge in [-0.15, -0.1) is 0 Å². The number of rotatable bonds is 5. The molecule has 0 radical (unpaired) electrons. The number of nitrogens with one attached hydrogen (secondary N) is 2. The van der Waals surface area contributed by atoms with Crippen LogP contribution in [0.3, 0.4) is 0 Å². The van der Waals surface area contributed by atoms with Gasteiger partial charge in [-0.1, -0.05) is 19.3 Å². The fourth-order valence-corrected chi connectivity index (χ4v) is 3.12. The van der Waals surface area contributed by atoms with E-state index in [4.69, 9.17) is 0 Å². The van der Waals surface area contributed by atoms with Crippen LogP contribution in [0, 0.1) is 5.92 Å². The van der Waals surface area contributed by atoms with Gasteiger partial charge in [-0.3, -0.25) is 4.79 Å². The Morgan fingerprint density at radius 2 is 2.14 bits per heavy atom. The lowest BCUT2D eigenvalue weighted by atomic mass is 9.83. The molecule has 1 aliphatic carbocycles. The molecule has 1 aromatic rings.